The number of carbonyl (C=O) groups excluding carboxylic acids is 3. The van der Waals surface area contributed by atoms with E-state index < -0.39 is 33.4 Å². The lowest BCUT2D eigenvalue weighted by Crippen LogP contribution is -2.56. The Morgan fingerprint density at radius 1 is 1.11 bits per heavy atom. The van der Waals surface area contributed by atoms with Crippen LogP contribution in [0.4, 0.5) is 0 Å². The van der Waals surface area contributed by atoms with Crippen LogP contribution in [0.2, 0.25) is 0 Å². The first kappa shape index (κ1) is 26.3. The first-order valence-electron chi connectivity index (χ1n) is 13.3. The largest absolute Gasteiger partial charge is 0.465 e. The molecule has 35 heavy (non-hydrogen) atoms. The van der Waals surface area contributed by atoms with Crippen LogP contribution in [0, 0.1) is 11.8 Å². The number of hydrogen-bond acceptors (Lipinski definition) is 6. The second kappa shape index (κ2) is 10.7. The minimum Gasteiger partial charge on any atom is -0.465 e. The van der Waals surface area contributed by atoms with Crippen LogP contribution in [0.5, 0.6) is 0 Å². The molecular formula is C27H40N2O5S. The number of allylic oxidation sites excluding steroid dienone is 1. The molecule has 4 aliphatic rings. The molecule has 4 rings (SSSR count). The summed E-state index contributed by atoms with van der Waals surface area (Å²) in [4.78, 5) is 45.3. The van der Waals surface area contributed by atoms with Crippen molar-refractivity contribution in [1.29, 1.82) is 0 Å². The van der Waals surface area contributed by atoms with E-state index in [1.807, 2.05) is 30.9 Å². The molecule has 4 aliphatic heterocycles. The standard InChI is InChI=1S/C27H40N2O5S/c1-4-6-10-15-28-16-12-14-27-20(23(31)29(19(5-2)18-30)22(27)24(28)32)21-25(33)34-17-11-8-7-9-13-26(21,3)35-27/h9,12-14,19-22,30H,4-8,10-11,15-18H2,1-3H3/b13-9-/t19-,20-,21+,22?,26-,27-/m0/s1. The maximum absolute atomic E-state index is 14.2. The number of likely N-dealkylation sites (tertiary alicyclic amines) is 1. The van der Waals surface area contributed by atoms with E-state index in [4.69, 9.17) is 4.74 Å². The molecule has 194 valence electrons. The Morgan fingerprint density at radius 3 is 2.63 bits per heavy atom. The maximum Gasteiger partial charge on any atom is 0.311 e. The van der Waals surface area contributed by atoms with Crippen LogP contribution in [0.15, 0.2) is 24.3 Å². The number of thioether (sulfide) groups is 1. The highest BCUT2D eigenvalue weighted by Gasteiger charge is 2.74. The van der Waals surface area contributed by atoms with Crippen molar-refractivity contribution in [1.82, 2.24) is 9.80 Å². The van der Waals surface area contributed by atoms with Crippen molar-refractivity contribution in [3.63, 3.8) is 0 Å². The smallest absolute Gasteiger partial charge is 0.311 e. The zero-order valence-corrected chi connectivity index (χ0v) is 22.1. The number of carbonyl (C=O) groups is 3. The first-order chi connectivity index (χ1) is 16.8. The van der Waals surface area contributed by atoms with Crippen LogP contribution in [-0.4, -0.2) is 80.6 Å². The van der Waals surface area contributed by atoms with Gasteiger partial charge in [0.05, 0.1) is 35.8 Å². The predicted molar refractivity (Wildman–Crippen MR) is 137 cm³/mol. The highest BCUT2D eigenvalue weighted by molar-refractivity contribution is 8.02. The lowest BCUT2D eigenvalue weighted by Gasteiger charge is -2.39. The van der Waals surface area contributed by atoms with Gasteiger partial charge in [0, 0.05) is 17.8 Å². The summed E-state index contributed by atoms with van der Waals surface area (Å²) in [6.07, 6.45) is 14.4. The molecule has 1 spiro atoms. The third-order valence-corrected chi connectivity index (χ3v) is 9.93. The highest BCUT2D eigenvalue weighted by atomic mass is 32.2. The van der Waals surface area contributed by atoms with Crippen molar-refractivity contribution >= 4 is 29.5 Å². The molecule has 0 aliphatic carbocycles. The highest BCUT2D eigenvalue weighted by Crippen LogP contribution is 2.65. The Bertz CT molecular complexity index is 887. The quantitative estimate of drug-likeness (QED) is 0.325. The third-order valence-electron chi connectivity index (χ3n) is 8.13. The molecular weight excluding hydrogens is 464 g/mol. The molecule has 0 aromatic carbocycles. The van der Waals surface area contributed by atoms with Gasteiger partial charge in [-0.15, -0.1) is 11.8 Å². The monoisotopic (exact) mass is 504 g/mol. The van der Waals surface area contributed by atoms with Crippen molar-refractivity contribution in [2.75, 3.05) is 26.3 Å². The van der Waals surface area contributed by atoms with Gasteiger partial charge in [0.1, 0.15) is 6.04 Å². The number of cyclic esters (lactones) is 1. The van der Waals surface area contributed by atoms with Crippen LogP contribution in [-0.2, 0) is 19.1 Å². The molecule has 7 nitrogen and oxygen atoms in total. The number of nitrogens with zero attached hydrogens (tertiary/aromatic N) is 2. The van der Waals surface area contributed by atoms with Gasteiger partial charge in [0.2, 0.25) is 11.8 Å². The normalized spacial score (nSPS) is 36.8. The molecule has 6 atom stereocenters. The van der Waals surface area contributed by atoms with Gasteiger partial charge in [-0.2, -0.15) is 0 Å². The van der Waals surface area contributed by atoms with Crippen molar-refractivity contribution < 1.29 is 24.2 Å². The van der Waals surface area contributed by atoms with Crippen LogP contribution in [0.25, 0.3) is 0 Å². The number of amides is 2. The zero-order chi connectivity index (χ0) is 25.2. The number of fused-ring (bicyclic) bond motifs is 2. The number of unbranched alkanes of at least 4 members (excludes halogenated alkanes) is 2. The Kier molecular flexibility index (Phi) is 8.01. The van der Waals surface area contributed by atoms with Crippen molar-refractivity contribution in [2.45, 2.75) is 87.3 Å². The molecule has 0 saturated carbocycles. The Hall–Kier alpha value is -1.80. The molecule has 2 amide bonds. The van der Waals surface area contributed by atoms with E-state index in [1.165, 1.54) is 0 Å². The number of hydrogen-bond donors (Lipinski definition) is 1. The maximum atomic E-state index is 14.2. The van der Waals surface area contributed by atoms with Gasteiger partial charge < -0.3 is 19.6 Å². The molecule has 1 N–H and O–H groups in total. The topological polar surface area (TPSA) is 87.2 Å². The summed E-state index contributed by atoms with van der Waals surface area (Å²) in [5, 5.41) is 10.2. The Balaban J connectivity index is 1.83. The lowest BCUT2D eigenvalue weighted by molar-refractivity contribution is -0.154. The van der Waals surface area contributed by atoms with Crippen molar-refractivity contribution in [3.8, 4) is 0 Å². The fourth-order valence-corrected chi connectivity index (χ4v) is 8.48. The SMILES string of the molecule is CCCCCN1CC=C[C@]23S[C@@]4(C)/C=C\CCCCOC(=O)[C@H]4[C@H]2C(=O)N([C@@H](CC)CO)C3C1=O. The molecule has 2 saturated heterocycles. The van der Waals surface area contributed by atoms with Crippen LogP contribution < -0.4 is 0 Å². The van der Waals surface area contributed by atoms with Gasteiger partial charge in [0.25, 0.3) is 0 Å². The van der Waals surface area contributed by atoms with Gasteiger partial charge in [0.15, 0.2) is 0 Å². The summed E-state index contributed by atoms with van der Waals surface area (Å²) in [5.74, 6) is -2.05. The predicted octanol–water partition coefficient (Wildman–Crippen LogP) is 3.32. The molecule has 1 unspecified atom stereocenters. The average Bonchev–Trinajstić information content (AvgIpc) is 3.17. The summed E-state index contributed by atoms with van der Waals surface area (Å²) in [6, 6.07) is -1.22. The third kappa shape index (κ3) is 4.45. The number of ether oxygens (including phenoxy) is 1. The van der Waals surface area contributed by atoms with Crippen LogP contribution in [0.3, 0.4) is 0 Å². The second-order valence-corrected chi connectivity index (χ2v) is 12.2. The minimum atomic E-state index is -0.882. The summed E-state index contributed by atoms with van der Waals surface area (Å²) >= 11 is 1.57. The molecule has 4 heterocycles. The molecule has 8 heteroatoms. The van der Waals surface area contributed by atoms with E-state index in [9.17, 15) is 19.5 Å². The van der Waals surface area contributed by atoms with Gasteiger partial charge in [-0.25, -0.2) is 0 Å². The fraction of sp³-hybridized carbons (Fsp3) is 0.741. The first-order valence-corrected chi connectivity index (χ1v) is 14.1. The number of aliphatic hydroxyl groups excluding tert-OH is 1. The Labute approximate surface area is 213 Å². The summed E-state index contributed by atoms with van der Waals surface area (Å²) in [6.45, 7) is 7.32. The molecule has 0 radical (unpaired) electrons. The number of rotatable bonds is 7. The Morgan fingerprint density at radius 2 is 1.91 bits per heavy atom. The summed E-state index contributed by atoms with van der Waals surface area (Å²) in [7, 11) is 0. The van der Waals surface area contributed by atoms with Gasteiger partial charge >= 0.3 is 5.97 Å². The van der Waals surface area contributed by atoms with Gasteiger partial charge in [-0.1, -0.05) is 51.0 Å². The van der Waals surface area contributed by atoms with E-state index in [0.717, 1.165) is 38.5 Å². The van der Waals surface area contributed by atoms with Crippen molar-refractivity contribution in [3.05, 3.63) is 24.3 Å². The molecule has 2 fully saturated rings. The number of esters is 1. The van der Waals surface area contributed by atoms with E-state index in [2.05, 4.69) is 19.1 Å². The van der Waals surface area contributed by atoms with E-state index in [-0.39, 0.29) is 24.4 Å². The fourth-order valence-electron chi connectivity index (χ4n) is 6.34. The van der Waals surface area contributed by atoms with E-state index >= 15 is 0 Å². The van der Waals surface area contributed by atoms with Gasteiger partial charge in [-0.05, 0) is 39.0 Å². The van der Waals surface area contributed by atoms with Crippen molar-refractivity contribution in [2.24, 2.45) is 11.8 Å². The van der Waals surface area contributed by atoms with E-state index in [1.54, 1.807) is 16.7 Å². The number of aliphatic hydroxyl groups is 1. The minimum absolute atomic E-state index is 0.0778. The van der Waals surface area contributed by atoms with Crippen LogP contribution in [0.1, 0.15) is 65.7 Å². The van der Waals surface area contributed by atoms with E-state index in [0.29, 0.717) is 26.1 Å². The zero-order valence-electron chi connectivity index (χ0n) is 21.3. The molecule has 0 bridgehead atoms. The second-order valence-electron chi connectivity index (χ2n) is 10.4. The molecule has 0 aromatic heterocycles. The average molecular weight is 505 g/mol. The van der Waals surface area contributed by atoms with Crippen LogP contribution >= 0.6 is 11.8 Å². The summed E-state index contributed by atoms with van der Waals surface area (Å²) < 4.78 is 4.15. The molecule has 0 aromatic rings. The summed E-state index contributed by atoms with van der Waals surface area (Å²) in [5.41, 5.74) is 0. The van der Waals surface area contributed by atoms with Gasteiger partial charge in [-0.3, -0.25) is 14.4 Å². The lowest BCUT2D eigenvalue weighted by atomic mass is 9.74.